The molecule has 0 aromatic rings. The summed E-state index contributed by atoms with van der Waals surface area (Å²) in [6.07, 6.45) is 7.02. The standard InChI is InChI=1S/C10H20N/c1-3-11(4-2)10-8-6-5-7-9-10/h3-9H2,1-2H3. The van der Waals surface area contributed by atoms with Crippen LogP contribution in [0.25, 0.3) is 0 Å². The second-order valence-corrected chi connectivity index (χ2v) is 3.30. The summed E-state index contributed by atoms with van der Waals surface area (Å²) in [7, 11) is 0. The molecule has 1 nitrogen and oxygen atoms in total. The van der Waals surface area contributed by atoms with Crippen LogP contribution in [-0.2, 0) is 0 Å². The molecule has 0 aliphatic heterocycles. The first-order valence-corrected chi connectivity index (χ1v) is 4.98. The van der Waals surface area contributed by atoms with Crippen molar-refractivity contribution in [2.24, 2.45) is 0 Å². The maximum atomic E-state index is 2.53. The third-order valence-electron chi connectivity index (χ3n) is 2.64. The highest BCUT2D eigenvalue weighted by molar-refractivity contribution is 4.91. The molecule has 0 unspecified atom stereocenters. The van der Waals surface area contributed by atoms with Crippen LogP contribution in [0.3, 0.4) is 0 Å². The van der Waals surface area contributed by atoms with Crippen molar-refractivity contribution in [1.29, 1.82) is 0 Å². The van der Waals surface area contributed by atoms with E-state index in [0.29, 0.717) is 0 Å². The summed E-state index contributed by atoms with van der Waals surface area (Å²) in [6.45, 7) is 6.91. The van der Waals surface area contributed by atoms with Crippen LogP contribution in [0.4, 0.5) is 0 Å². The zero-order valence-electron chi connectivity index (χ0n) is 7.90. The van der Waals surface area contributed by atoms with Gasteiger partial charge in [0.15, 0.2) is 0 Å². The Kier molecular flexibility index (Phi) is 3.92. The summed E-state index contributed by atoms with van der Waals surface area (Å²) in [6, 6.07) is 1.71. The van der Waals surface area contributed by atoms with E-state index in [9.17, 15) is 0 Å². The lowest BCUT2D eigenvalue weighted by atomic mass is 9.94. The molecule has 0 N–H and O–H groups in total. The Balaban J connectivity index is 2.30. The molecule has 0 atom stereocenters. The number of hydrogen-bond donors (Lipinski definition) is 0. The molecule has 65 valence electrons. The average Bonchev–Trinajstić information content (AvgIpc) is 2.09. The maximum Gasteiger partial charge on any atom is 0.0392 e. The zero-order chi connectivity index (χ0) is 8.10. The van der Waals surface area contributed by atoms with Gasteiger partial charge in [0.1, 0.15) is 0 Å². The largest absolute Gasteiger partial charge is 0.296 e. The summed E-state index contributed by atoms with van der Waals surface area (Å²) >= 11 is 0. The predicted molar refractivity (Wildman–Crippen MR) is 49.2 cm³/mol. The first-order valence-electron chi connectivity index (χ1n) is 4.98. The first-order chi connectivity index (χ1) is 5.38. The molecule has 0 aromatic heterocycles. The molecule has 1 heteroatoms. The highest BCUT2D eigenvalue weighted by atomic mass is 15.1. The monoisotopic (exact) mass is 154 g/mol. The summed E-state index contributed by atoms with van der Waals surface area (Å²) in [5, 5.41) is 0. The van der Waals surface area contributed by atoms with Gasteiger partial charge in [-0.25, -0.2) is 0 Å². The Bertz CT molecular complexity index is 91.0. The molecule has 1 radical (unpaired) electrons. The van der Waals surface area contributed by atoms with E-state index in [2.05, 4.69) is 18.7 Å². The van der Waals surface area contributed by atoms with E-state index >= 15 is 0 Å². The van der Waals surface area contributed by atoms with Gasteiger partial charge in [-0.2, -0.15) is 0 Å². The molecule has 0 aromatic carbocycles. The topological polar surface area (TPSA) is 3.24 Å². The summed E-state index contributed by atoms with van der Waals surface area (Å²) in [5.41, 5.74) is 0. The van der Waals surface area contributed by atoms with Crippen LogP contribution in [0.5, 0.6) is 0 Å². The SMILES string of the molecule is CCN(CC)[C]1CCCCC1. The number of hydrogen-bond acceptors (Lipinski definition) is 1. The smallest absolute Gasteiger partial charge is 0.0392 e. The molecule has 11 heavy (non-hydrogen) atoms. The lowest BCUT2D eigenvalue weighted by Crippen LogP contribution is -2.29. The minimum absolute atomic E-state index is 1.20. The summed E-state index contributed by atoms with van der Waals surface area (Å²) < 4.78 is 0. The van der Waals surface area contributed by atoms with Crippen LogP contribution in [0.1, 0.15) is 46.0 Å². The Morgan fingerprint density at radius 3 is 2.00 bits per heavy atom. The third-order valence-corrected chi connectivity index (χ3v) is 2.64. The van der Waals surface area contributed by atoms with Crippen molar-refractivity contribution in [3.05, 3.63) is 6.04 Å². The maximum absolute atomic E-state index is 2.53. The Morgan fingerprint density at radius 1 is 1.00 bits per heavy atom. The van der Waals surface area contributed by atoms with Gasteiger partial charge >= 0.3 is 0 Å². The normalized spacial score (nSPS) is 21.0. The Labute approximate surface area is 70.8 Å². The van der Waals surface area contributed by atoms with Crippen molar-refractivity contribution < 1.29 is 0 Å². The fraction of sp³-hybridized carbons (Fsp3) is 0.900. The zero-order valence-corrected chi connectivity index (χ0v) is 7.90. The van der Waals surface area contributed by atoms with Gasteiger partial charge in [0, 0.05) is 6.04 Å². The fourth-order valence-corrected chi connectivity index (χ4v) is 1.95. The molecular formula is C10H20N. The molecule has 1 fully saturated rings. The van der Waals surface area contributed by atoms with E-state index in [1.54, 1.807) is 6.04 Å². The van der Waals surface area contributed by atoms with E-state index in [-0.39, 0.29) is 0 Å². The Hall–Kier alpha value is -0.0400. The third kappa shape index (κ3) is 2.48. The molecule has 1 saturated carbocycles. The van der Waals surface area contributed by atoms with Crippen LogP contribution in [0.15, 0.2) is 0 Å². The molecule has 0 spiro atoms. The second kappa shape index (κ2) is 4.76. The van der Waals surface area contributed by atoms with Gasteiger partial charge < -0.3 is 0 Å². The molecule has 1 aliphatic carbocycles. The first kappa shape index (κ1) is 9.05. The predicted octanol–water partition coefficient (Wildman–Crippen LogP) is 2.82. The van der Waals surface area contributed by atoms with Crippen molar-refractivity contribution in [2.75, 3.05) is 13.1 Å². The van der Waals surface area contributed by atoms with Crippen LogP contribution < -0.4 is 0 Å². The van der Waals surface area contributed by atoms with E-state index < -0.39 is 0 Å². The highest BCUT2D eigenvalue weighted by Gasteiger charge is 2.18. The van der Waals surface area contributed by atoms with Gasteiger partial charge in [0.25, 0.3) is 0 Å². The van der Waals surface area contributed by atoms with Gasteiger partial charge in [0.2, 0.25) is 0 Å². The van der Waals surface area contributed by atoms with Gasteiger partial charge in [-0.15, -0.1) is 0 Å². The van der Waals surface area contributed by atoms with Crippen LogP contribution in [0.2, 0.25) is 0 Å². The molecule has 0 saturated heterocycles. The summed E-state index contributed by atoms with van der Waals surface area (Å²) in [4.78, 5) is 2.53. The lowest BCUT2D eigenvalue weighted by Gasteiger charge is -2.31. The minimum atomic E-state index is 1.20. The average molecular weight is 154 g/mol. The lowest BCUT2D eigenvalue weighted by molar-refractivity contribution is 0.260. The number of rotatable bonds is 3. The van der Waals surface area contributed by atoms with E-state index in [4.69, 9.17) is 0 Å². The van der Waals surface area contributed by atoms with Crippen molar-refractivity contribution in [2.45, 2.75) is 46.0 Å². The molecule has 0 amide bonds. The van der Waals surface area contributed by atoms with E-state index in [1.165, 1.54) is 45.2 Å². The van der Waals surface area contributed by atoms with Gasteiger partial charge in [-0.1, -0.05) is 33.1 Å². The van der Waals surface area contributed by atoms with Crippen LogP contribution in [-0.4, -0.2) is 18.0 Å². The molecule has 1 rings (SSSR count). The van der Waals surface area contributed by atoms with Crippen LogP contribution >= 0.6 is 0 Å². The van der Waals surface area contributed by atoms with E-state index in [1.807, 2.05) is 0 Å². The van der Waals surface area contributed by atoms with Gasteiger partial charge in [-0.05, 0) is 25.9 Å². The molecule has 0 bridgehead atoms. The quantitative estimate of drug-likeness (QED) is 0.604. The van der Waals surface area contributed by atoms with E-state index in [0.717, 1.165) is 0 Å². The fourth-order valence-electron chi connectivity index (χ4n) is 1.95. The van der Waals surface area contributed by atoms with Gasteiger partial charge in [0.05, 0.1) is 0 Å². The molecule has 1 aliphatic rings. The molecule has 0 heterocycles. The van der Waals surface area contributed by atoms with Crippen LogP contribution in [0, 0.1) is 6.04 Å². The molecular weight excluding hydrogens is 134 g/mol. The number of nitrogens with zero attached hydrogens (tertiary/aromatic N) is 1. The van der Waals surface area contributed by atoms with Crippen molar-refractivity contribution in [3.8, 4) is 0 Å². The Morgan fingerprint density at radius 2 is 1.55 bits per heavy atom. The highest BCUT2D eigenvalue weighted by Crippen LogP contribution is 2.28. The van der Waals surface area contributed by atoms with Crippen molar-refractivity contribution in [1.82, 2.24) is 4.90 Å². The second-order valence-electron chi connectivity index (χ2n) is 3.30. The van der Waals surface area contributed by atoms with Crippen molar-refractivity contribution >= 4 is 0 Å². The van der Waals surface area contributed by atoms with Gasteiger partial charge in [-0.3, -0.25) is 4.90 Å². The summed E-state index contributed by atoms with van der Waals surface area (Å²) in [5.74, 6) is 0. The minimum Gasteiger partial charge on any atom is -0.296 e. The van der Waals surface area contributed by atoms with Crippen molar-refractivity contribution in [3.63, 3.8) is 0 Å².